The van der Waals surface area contributed by atoms with Crippen LogP contribution in [0.25, 0.3) is 0 Å². The summed E-state index contributed by atoms with van der Waals surface area (Å²) in [7, 11) is -3.58. The molecule has 2 aromatic carbocycles. The first-order chi connectivity index (χ1) is 14.3. The van der Waals surface area contributed by atoms with Gasteiger partial charge in [-0.05, 0) is 44.5 Å². The molecule has 3 rings (SSSR count). The fourth-order valence-corrected chi connectivity index (χ4v) is 5.11. The Morgan fingerprint density at radius 1 is 0.967 bits per heavy atom. The van der Waals surface area contributed by atoms with Crippen molar-refractivity contribution in [3.63, 3.8) is 0 Å². The molecule has 0 saturated carbocycles. The molecule has 0 radical (unpaired) electrons. The number of hydrogen-bond acceptors (Lipinski definition) is 5. The smallest absolute Gasteiger partial charge is 0.260 e. The fraction of sp³-hybridized carbons (Fsp3) is 0.409. The second kappa shape index (κ2) is 9.49. The largest absolute Gasteiger partial charge is 0.490 e. The molecular weight excluding hydrogens is 404 g/mol. The molecule has 1 amide bonds. The SMILES string of the molecule is CCOc1ccccc1OCC(=O)N1CCN(S(=O)(=O)c2ccc(C)cc2C)CC1. The molecule has 0 aromatic heterocycles. The first-order valence-corrected chi connectivity index (χ1v) is 11.5. The van der Waals surface area contributed by atoms with Crippen molar-refractivity contribution in [3.05, 3.63) is 53.6 Å². The molecule has 1 aliphatic heterocycles. The number of nitrogens with zero attached hydrogens (tertiary/aromatic N) is 2. The third-order valence-corrected chi connectivity index (χ3v) is 7.10. The van der Waals surface area contributed by atoms with Crippen LogP contribution in [0.4, 0.5) is 0 Å². The number of rotatable bonds is 7. The summed E-state index contributed by atoms with van der Waals surface area (Å²) in [5.74, 6) is 0.936. The first-order valence-electron chi connectivity index (χ1n) is 10.0. The van der Waals surface area contributed by atoms with Crippen molar-refractivity contribution in [1.82, 2.24) is 9.21 Å². The molecule has 0 bridgehead atoms. The zero-order valence-corrected chi connectivity index (χ0v) is 18.4. The van der Waals surface area contributed by atoms with E-state index in [-0.39, 0.29) is 25.6 Å². The van der Waals surface area contributed by atoms with Gasteiger partial charge in [0.1, 0.15) is 0 Å². The highest BCUT2D eigenvalue weighted by molar-refractivity contribution is 7.89. The number of sulfonamides is 1. The molecule has 7 nitrogen and oxygen atoms in total. The summed E-state index contributed by atoms with van der Waals surface area (Å²) in [5.41, 5.74) is 1.75. The molecule has 0 aliphatic carbocycles. The van der Waals surface area contributed by atoms with Crippen LogP contribution in [0.3, 0.4) is 0 Å². The van der Waals surface area contributed by atoms with Gasteiger partial charge in [0, 0.05) is 26.2 Å². The van der Waals surface area contributed by atoms with Crippen molar-refractivity contribution in [2.45, 2.75) is 25.7 Å². The van der Waals surface area contributed by atoms with Crippen LogP contribution in [0.5, 0.6) is 11.5 Å². The molecule has 0 spiro atoms. The standard InChI is InChI=1S/C22H28N2O5S/c1-4-28-19-7-5-6-8-20(19)29-16-22(25)23-11-13-24(14-12-23)30(26,27)21-10-9-17(2)15-18(21)3/h5-10,15H,4,11-14,16H2,1-3H3. The van der Waals surface area contributed by atoms with Crippen molar-refractivity contribution in [3.8, 4) is 11.5 Å². The molecule has 30 heavy (non-hydrogen) atoms. The number of benzene rings is 2. The second-order valence-electron chi connectivity index (χ2n) is 7.22. The maximum Gasteiger partial charge on any atom is 0.260 e. The van der Waals surface area contributed by atoms with Gasteiger partial charge in [0.15, 0.2) is 18.1 Å². The number of carbonyl (C=O) groups is 1. The molecule has 0 atom stereocenters. The van der Waals surface area contributed by atoms with Crippen LogP contribution in [-0.4, -0.2) is 62.9 Å². The predicted molar refractivity (Wildman–Crippen MR) is 114 cm³/mol. The molecule has 1 aliphatic rings. The van der Waals surface area contributed by atoms with E-state index in [1.165, 1.54) is 4.31 Å². The Labute approximate surface area is 178 Å². The topological polar surface area (TPSA) is 76.2 Å². The summed E-state index contributed by atoms with van der Waals surface area (Å²) in [6, 6.07) is 12.5. The van der Waals surface area contributed by atoms with Crippen molar-refractivity contribution >= 4 is 15.9 Å². The number of ether oxygens (including phenoxy) is 2. The third-order valence-electron chi connectivity index (χ3n) is 5.04. The molecule has 1 saturated heterocycles. The van der Waals surface area contributed by atoms with E-state index >= 15 is 0 Å². The average Bonchev–Trinajstić information content (AvgIpc) is 2.73. The van der Waals surface area contributed by atoms with Crippen LogP contribution in [0, 0.1) is 13.8 Å². The fourth-order valence-electron chi connectivity index (χ4n) is 3.48. The normalized spacial score (nSPS) is 15.1. The van der Waals surface area contributed by atoms with Gasteiger partial charge in [-0.15, -0.1) is 0 Å². The summed E-state index contributed by atoms with van der Waals surface area (Å²) >= 11 is 0. The lowest BCUT2D eigenvalue weighted by molar-refractivity contribution is -0.134. The van der Waals surface area contributed by atoms with Gasteiger partial charge in [-0.3, -0.25) is 4.79 Å². The zero-order valence-electron chi connectivity index (χ0n) is 17.6. The molecule has 162 valence electrons. The molecule has 1 fully saturated rings. The van der Waals surface area contributed by atoms with Gasteiger partial charge in [0.05, 0.1) is 11.5 Å². The third kappa shape index (κ3) is 4.94. The van der Waals surface area contributed by atoms with E-state index in [4.69, 9.17) is 9.47 Å². The number of amides is 1. The van der Waals surface area contributed by atoms with Gasteiger partial charge in [-0.2, -0.15) is 4.31 Å². The number of piperazine rings is 1. The minimum Gasteiger partial charge on any atom is -0.490 e. The first kappa shape index (κ1) is 22.1. The monoisotopic (exact) mass is 432 g/mol. The van der Waals surface area contributed by atoms with E-state index in [1.54, 1.807) is 36.1 Å². The summed E-state index contributed by atoms with van der Waals surface area (Å²) in [6.07, 6.45) is 0. The van der Waals surface area contributed by atoms with E-state index in [0.29, 0.717) is 36.1 Å². The van der Waals surface area contributed by atoms with E-state index in [0.717, 1.165) is 11.1 Å². The number of aryl methyl sites for hydroxylation is 2. The predicted octanol–water partition coefficient (Wildman–Crippen LogP) is 2.61. The van der Waals surface area contributed by atoms with Gasteiger partial charge >= 0.3 is 0 Å². The lowest BCUT2D eigenvalue weighted by Crippen LogP contribution is -2.51. The molecule has 1 heterocycles. The molecule has 0 N–H and O–H groups in total. The highest BCUT2D eigenvalue weighted by atomic mass is 32.2. The Hall–Kier alpha value is -2.58. The van der Waals surface area contributed by atoms with Crippen molar-refractivity contribution in [2.24, 2.45) is 0 Å². The van der Waals surface area contributed by atoms with Crippen molar-refractivity contribution < 1.29 is 22.7 Å². The van der Waals surface area contributed by atoms with E-state index in [1.807, 2.05) is 32.0 Å². The number of para-hydroxylation sites is 2. The van der Waals surface area contributed by atoms with Crippen LogP contribution < -0.4 is 9.47 Å². The lowest BCUT2D eigenvalue weighted by Gasteiger charge is -2.34. The Kier molecular flexibility index (Phi) is 6.99. The van der Waals surface area contributed by atoms with Crippen LogP contribution in [0.15, 0.2) is 47.4 Å². The van der Waals surface area contributed by atoms with Gasteiger partial charge in [-0.1, -0.05) is 29.8 Å². The molecule has 8 heteroatoms. The van der Waals surface area contributed by atoms with Crippen LogP contribution in [0.2, 0.25) is 0 Å². The highest BCUT2D eigenvalue weighted by Crippen LogP contribution is 2.26. The summed E-state index contributed by atoms with van der Waals surface area (Å²) in [4.78, 5) is 14.5. The highest BCUT2D eigenvalue weighted by Gasteiger charge is 2.31. The quantitative estimate of drug-likeness (QED) is 0.672. The van der Waals surface area contributed by atoms with Gasteiger partial charge in [0.25, 0.3) is 5.91 Å². The van der Waals surface area contributed by atoms with Crippen LogP contribution in [0.1, 0.15) is 18.1 Å². The number of hydrogen-bond donors (Lipinski definition) is 0. The Bertz CT molecular complexity index is 998. The maximum atomic E-state index is 13.0. The van der Waals surface area contributed by atoms with Gasteiger partial charge in [0.2, 0.25) is 10.0 Å². The van der Waals surface area contributed by atoms with Crippen LogP contribution >= 0.6 is 0 Å². The minimum atomic E-state index is -3.58. The van der Waals surface area contributed by atoms with Crippen LogP contribution in [-0.2, 0) is 14.8 Å². The second-order valence-corrected chi connectivity index (χ2v) is 9.13. The van der Waals surface area contributed by atoms with E-state index in [9.17, 15) is 13.2 Å². The maximum absolute atomic E-state index is 13.0. The summed E-state index contributed by atoms with van der Waals surface area (Å²) in [5, 5.41) is 0. The average molecular weight is 433 g/mol. The lowest BCUT2D eigenvalue weighted by atomic mass is 10.2. The van der Waals surface area contributed by atoms with Crippen molar-refractivity contribution in [1.29, 1.82) is 0 Å². The number of carbonyl (C=O) groups excluding carboxylic acids is 1. The summed E-state index contributed by atoms with van der Waals surface area (Å²) in [6.45, 7) is 7.19. The zero-order chi connectivity index (χ0) is 21.7. The Morgan fingerprint density at radius 3 is 2.20 bits per heavy atom. The molecular formula is C22H28N2O5S. The van der Waals surface area contributed by atoms with Gasteiger partial charge in [-0.25, -0.2) is 8.42 Å². The minimum absolute atomic E-state index is 0.117. The van der Waals surface area contributed by atoms with Crippen molar-refractivity contribution in [2.75, 3.05) is 39.4 Å². The van der Waals surface area contributed by atoms with Gasteiger partial charge < -0.3 is 14.4 Å². The summed E-state index contributed by atoms with van der Waals surface area (Å²) < 4.78 is 38.6. The van der Waals surface area contributed by atoms with E-state index < -0.39 is 10.0 Å². The Morgan fingerprint density at radius 2 is 1.60 bits per heavy atom. The molecule has 0 unspecified atom stereocenters. The Balaban J connectivity index is 1.58. The van der Waals surface area contributed by atoms with E-state index in [2.05, 4.69) is 0 Å². The molecule has 2 aromatic rings.